The van der Waals surface area contributed by atoms with Crippen molar-refractivity contribution in [3.05, 3.63) is 34.9 Å². The highest BCUT2D eigenvalue weighted by Gasteiger charge is 2.26. The quantitative estimate of drug-likeness (QED) is 0.512. The maximum absolute atomic E-state index is 2.32. The third-order valence-corrected chi connectivity index (χ3v) is 2.56. The second kappa shape index (κ2) is 2.33. The molecule has 2 rings (SSSR count). The summed E-state index contributed by atoms with van der Waals surface area (Å²) in [7, 11) is 4.57. The van der Waals surface area contributed by atoms with E-state index in [9.17, 15) is 0 Å². The van der Waals surface area contributed by atoms with Gasteiger partial charge in [0, 0.05) is 11.1 Å². The second-order valence-electron chi connectivity index (χ2n) is 4.52. The summed E-state index contributed by atoms with van der Waals surface area (Å²) in [5.41, 5.74) is 4.46. The molecule has 1 nitrogen and oxygen atoms in total. The zero-order chi connectivity index (χ0) is 8.77. The molecule has 1 aromatic rings. The van der Waals surface area contributed by atoms with Gasteiger partial charge >= 0.3 is 0 Å². The lowest BCUT2D eigenvalue weighted by Crippen LogP contribution is -2.32. The van der Waals surface area contributed by atoms with Crippen LogP contribution in [-0.4, -0.2) is 18.6 Å². The average molecular weight is 162 g/mol. The van der Waals surface area contributed by atoms with Gasteiger partial charge in [-0.05, 0) is 13.0 Å². The molecule has 1 aliphatic rings. The lowest BCUT2D eigenvalue weighted by Gasteiger charge is -2.22. The van der Waals surface area contributed by atoms with Crippen molar-refractivity contribution in [2.24, 2.45) is 0 Å². The van der Waals surface area contributed by atoms with Gasteiger partial charge in [0.25, 0.3) is 0 Å². The molecule has 0 unspecified atom stereocenters. The lowest BCUT2D eigenvalue weighted by atomic mass is 10.1. The predicted octanol–water partition coefficient (Wildman–Crippen LogP) is 2.09. The number of quaternary nitrogens is 1. The third kappa shape index (κ3) is 1.25. The molecule has 0 aliphatic carbocycles. The van der Waals surface area contributed by atoms with Gasteiger partial charge in [-0.3, -0.25) is 0 Å². The monoisotopic (exact) mass is 162 g/mol. The molecule has 0 bridgehead atoms. The normalized spacial score (nSPS) is 19.2. The molecule has 0 radical (unpaired) electrons. The van der Waals surface area contributed by atoms with Crippen molar-refractivity contribution in [2.45, 2.75) is 20.0 Å². The highest BCUT2D eigenvalue weighted by Crippen LogP contribution is 2.26. The summed E-state index contributed by atoms with van der Waals surface area (Å²) in [6.07, 6.45) is 0. The molecule has 0 atom stereocenters. The van der Waals surface area contributed by atoms with Crippen molar-refractivity contribution in [1.82, 2.24) is 0 Å². The van der Waals surface area contributed by atoms with Crippen molar-refractivity contribution in [1.29, 1.82) is 0 Å². The molecular formula is C11H16N+. The zero-order valence-electron chi connectivity index (χ0n) is 8.09. The lowest BCUT2D eigenvalue weighted by molar-refractivity contribution is -0.910. The smallest absolute Gasteiger partial charge is 0.105 e. The van der Waals surface area contributed by atoms with Crippen LogP contribution in [0.15, 0.2) is 18.2 Å². The minimum absolute atomic E-state index is 1.11. The van der Waals surface area contributed by atoms with Gasteiger partial charge in [-0.2, -0.15) is 0 Å². The first kappa shape index (κ1) is 7.81. The van der Waals surface area contributed by atoms with Gasteiger partial charge < -0.3 is 4.48 Å². The topological polar surface area (TPSA) is 0 Å². The standard InChI is InChI=1S/C11H16N/c1-9-4-5-10-7-12(2,3)8-11(10)6-9/h4-6H,7-8H2,1-3H3/q+1. The molecule has 0 saturated carbocycles. The molecule has 64 valence electrons. The van der Waals surface area contributed by atoms with Crippen LogP contribution >= 0.6 is 0 Å². The number of hydrogen-bond acceptors (Lipinski definition) is 0. The zero-order valence-corrected chi connectivity index (χ0v) is 8.09. The van der Waals surface area contributed by atoms with Crippen LogP contribution in [0.3, 0.4) is 0 Å². The van der Waals surface area contributed by atoms with E-state index < -0.39 is 0 Å². The van der Waals surface area contributed by atoms with Gasteiger partial charge in [0.05, 0.1) is 14.1 Å². The molecule has 12 heavy (non-hydrogen) atoms. The van der Waals surface area contributed by atoms with Gasteiger partial charge in [0.1, 0.15) is 13.1 Å². The maximum atomic E-state index is 2.32. The number of hydrogen-bond donors (Lipinski definition) is 0. The molecule has 0 spiro atoms. The summed E-state index contributed by atoms with van der Waals surface area (Å²) < 4.78 is 1.11. The molecule has 1 aliphatic heterocycles. The van der Waals surface area contributed by atoms with Crippen molar-refractivity contribution in [2.75, 3.05) is 14.1 Å². The van der Waals surface area contributed by atoms with Crippen LogP contribution < -0.4 is 0 Å². The third-order valence-electron chi connectivity index (χ3n) is 2.56. The molecule has 1 aromatic carbocycles. The Kier molecular flexibility index (Phi) is 1.52. The largest absolute Gasteiger partial charge is 0.321 e. The SMILES string of the molecule is Cc1ccc2c(c1)C[N+](C)(C)C2. The van der Waals surface area contributed by atoms with Crippen LogP contribution in [0.1, 0.15) is 16.7 Å². The molecule has 0 aromatic heterocycles. The fraction of sp³-hybridized carbons (Fsp3) is 0.455. The van der Waals surface area contributed by atoms with Crippen LogP contribution in [0.4, 0.5) is 0 Å². The Hall–Kier alpha value is -0.820. The number of fused-ring (bicyclic) bond motifs is 1. The highest BCUT2D eigenvalue weighted by molar-refractivity contribution is 5.32. The summed E-state index contributed by atoms with van der Waals surface area (Å²) in [4.78, 5) is 0. The van der Waals surface area contributed by atoms with Crippen LogP contribution in [0, 0.1) is 6.92 Å². The number of nitrogens with zero attached hydrogens (tertiary/aromatic N) is 1. The first-order chi connectivity index (χ1) is 5.57. The first-order valence-electron chi connectivity index (χ1n) is 4.47. The number of rotatable bonds is 0. The van der Waals surface area contributed by atoms with E-state index in [-0.39, 0.29) is 0 Å². The van der Waals surface area contributed by atoms with Gasteiger partial charge in [-0.25, -0.2) is 0 Å². The van der Waals surface area contributed by atoms with Crippen molar-refractivity contribution in [3.63, 3.8) is 0 Å². The average Bonchev–Trinajstić information content (AvgIpc) is 2.21. The maximum Gasteiger partial charge on any atom is 0.105 e. The Morgan fingerprint density at radius 2 is 1.75 bits per heavy atom. The molecule has 1 heteroatoms. The summed E-state index contributed by atoms with van der Waals surface area (Å²) in [6, 6.07) is 6.81. The Morgan fingerprint density at radius 3 is 2.50 bits per heavy atom. The van der Waals surface area contributed by atoms with E-state index in [0.717, 1.165) is 4.48 Å². The van der Waals surface area contributed by atoms with E-state index in [1.54, 1.807) is 5.56 Å². The van der Waals surface area contributed by atoms with Crippen molar-refractivity contribution >= 4 is 0 Å². The fourth-order valence-corrected chi connectivity index (χ4v) is 2.03. The highest BCUT2D eigenvalue weighted by atomic mass is 15.3. The fourth-order valence-electron chi connectivity index (χ4n) is 2.03. The van der Waals surface area contributed by atoms with E-state index in [4.69, 9.17) is 0 Å². The van der Waals surface area contributed by atoms with Crippen molar-refractivity contribution < 1.29 is 4.48 Å². The van der Waals surface area contributed by atoms with Crippen LogP contribution in [0.5, 0.6) is 0 Å². The van der Waals surface area contributed by atoms with E-state index in [2.05, 4.69) is 39.2 Å². The molecule has 0 fully saturated rings. The summed E-state index contributed by atoms with van der Waals surface area (Å²) in [5.74, 6) is 0. The van der Waals surface area contributed by atoms with Crippen molar-refractivity contribution in [3.8, 4) is 0 Å². The molecule has 0 saturated heterocycles. The van der Waals surface area contributed by atoms with Gasteiger partial charge in [-0.15, -0.1) is 0 Å². The summed E-state index contributed by atoms with van der Waals surface area (Å²) in [5, 5.41) is 0. The summed E-state index contributed by atoms with van der Waals surface area (Å²) >= 11 is 0. The number of benzene rings is 1. The van der Waals surface area contributed by atoms with E-state index in [1.165, 1.54) is 24.2 Å². The Morgan fingerprint density at radius 1 is 1.08 bits per heavy atom. The molecule has 0 N–H and O–H groups in total. The van der Waals surface area contributed by atoms with Crippen LogP contribution in [0.2, 0.25) is 0 Å². The minimum atomic E-state index is 1.11. The summed E-state index contributed by atoms with van der Waals surface area (Å²) in [6.45, 7) is 4.55. The molecular weight excluding hydrogens is 146 g/mol. The first-order valence-corrected chi connectivity index (χ1v) is 4.47. The van der Waals surface area contributed by atoms with Crippen LogP contribution in [0.25, 0.3) is 0 Å². The van der Waals surface area contributed by atoms with Gasteiger partial charge in [0.15, 0.2) is 0 Å². The Labute approximate surface area is 74.2 Å². The minimum Gasteiger partial charge on any atom is -0.321 e. The Bertz CT molecular complexity index is 313. The number of aryl methyl sites for hydroxylation is 1. The Balaban J connectivity index is 2.43. The van der Waals surface area contributed by atoms with Gasteiger partial charge in [0.2, 0.25) is 0 Å². The van der Waals surface area contributed by atoms with Gasteiger partial charge in [-0.1, -0.05) is 17.7 Å². The van der Waals surface area contributed by atoms with E-state index in [1.807, 2.05) is 0 Å². The second-order valence-corrected chi connectivity index (χ2v) is 4.52. The van der Waals surface area contributed by atoms with E-state index >= 15 is 0 Å². The van der Waals surface area contributed by atoms with Crippen LogP contribution in [-0.2, 0) is 13.1 Å². The molecule has 1 heterocycles. The van der Waals surface area contributed by atoms with E-state index in [0.29, 0.717) is 0 Å². The molecule has 0 amide bonds. The predicted molar refractivity (Wildman–Crippen MR) is 50.7 cm³/mol.